The van der Waals surface area contributed by atoms with Crippen LogP contribution in [-0.2, 0) is 10.2 Å². The smallest absolute Gasteiger partial charge is 0.250 e. The van der Waals surface area contributed by atoms with E-state index in [1.807, 2.05) is 53.1 Å². The van der Waals surface area contributed by atoms with Crippen molar-refractivity contribution in [3.63, 3.8) is 0 Å². The maximum absolute atomic E-state index is 12.5. The Balaban J connectivity index is 1.54. The Bertz CT molecular complexity index is 1380. The molecule has 0 bridgehead atoms. The highest BCUT2D eigenvalue weighted by molar-refractivity contribution is 9.10. The number of halogens is 1. The van der Waals surface area contributed by atoms with Gasteiger partial charge in [0.1, 0.15) is 5.75 Å². The molecule has 7 nitrogen and oxygen atoms in total. The van der Waals surface area contributed by atoms with Crippen molar-refractivity contribution in [3.8, 4) is 22.8 Å². The van der Waals surface area contributed by atoms with E-state index in [-0.39, 0.29) is 17.1 Å². The Morgan fingerprint density at radius 1 is 1.03 bits per heavy atom. The average Bonchev–Trinajstić information content (AvgIpc) is 3.32. The lowest BCUT2D eigenvalue weighted by Crippen LogP contribution is -2.20. The van der Waals surface area contributed by atoms with Crippen LogP contribution in [0, 0.1) is 0 Å². The molecule has 4 aromatic rings. The van der Waals surface area contributed by atoms with Gasteiger partial charge in [0.2, 0.25) is 0 Å². The van der Waals surface area contributed by atoms with Gasteiger partial charge >= 0.3 is 0 Å². The largest absolute Gasteiger partial charge is 0.497 e. The first kappa shape index (κ1) is 26.6. The zero-order chi connectivity index (χ0) is 26.4. The molecule has 0 atom stereocenters. The highest BCUT2D eigenvalue weighted by Gasteiger charge is 2.19. The number of carbonyl (C=O) groups is 1. The fourth-order valence-electron chi connectivity index (χ4n) is 3.52. The summed E-state index contributed by atoms with van der Waals surface area (Å²) < 4.78 is 8.25. The van der Waals surface area contributed by atoms with E-state index >= 15 is 0 Å². The molecule has 1 aromatic heterocycles. The van der Waals surface area contributed by atoms with Gasteiger partial charge in [0.05, 0.1) is 19.1 Å². The molecule has 0 aliphatic rings. The molecule has 0 saturated carbocycles. The maximum Gasteiger partial charge on any atom is 0.250 e. The first-order chi connectivity index (χ1) is 17.7. The van der Waals surface area contributed by atoms with E-state index in [2.05, 4.69) is 81.7 Å². The highest BCUT2D eigenvalue weighted by atomic mass is 79.9. The molecule has 0 aliphatic heterocycles. The van der Waals surface area contributed by atoms with Crippen molar-refractivity contribution in [3.05, 3.63) is 88.4 Å². The second kappa shape index (κ2) is 11.7. The molecule has 1 amide bonds. The maximum atomic E-state index is 12.5. The van der Waals surface area contributed by atoms with Crippen molar-refractivity contribution in [2.75, 3.05) is 12.9 Å². The Morgan fingerprint density at radius 3 is 2.32 bits per heavy atom. The van der Waals surface area contributed by atoms with Crippen LogP contribution in [0.3, 0.4) is 0 Å². The highest BCUT2D eigenvalue weighted by Crippen LogP contribution is 2.30. The van der Waals surface area contributed by atoms with E-state index in [9.17, 15) is 4.79 Å². The van der Waals surface area contributed by atoms with Crippen LogP contribution in [-0.4, -0.2) is 39.7 Å². The van der Waals surface area contributed by atoms with Gasteiger partial charge in [-0.15, -0.1) is 10.2 Å². The number of rotatable bonds is 8. The number of hydrazone groups is 1. The molecule has 0 saturated heterocycles. The molecule has 0 fully saturated rings. The average molecular weight is 579 g/mol. The van der Waals surface area contributed by atoms with E-state index in [0.29, 0.717) is 11.0 Å². The molecule has 37 heavy (non-hydrogen) atoms. The van der Waals surface area contributed by atoms with E-state index in [0.717, 1.165) is 27.0 Å². The van der Waals surface area contributed by atoms with Gasteiger partial charge in [0, 0.05) is 15.7 Å². The number of thioether (sulfide) groups is 1. The van der Waals surface area contributed by atoms with Gasteiger partial charge in [-0.2, -0.15) is 5.10 Å². The fraction of sp³-hybridized carbons (Fsp3) is 0.214. The summed E-state index contributed by atoms with van der Waals surface area (Å²) in [7, 11) is 1.63. The van der Waals surface area contributed by atoms with E-state index in [1.54, 1.807) is 13.3 Å². The number of amides is 1. The monoisotopic (exact) mass is 577 g/mol. The third-order valence-electron chi connectivity index (χ3n) is 5.58. The number of carbonyl (C=O) groups excluding carboxylic acids is 1. The summed E-state index contributed by atoms with van der Waals surface area (Å²) in [6.45, 7) is 6.56. The van der Waals surface area contributed by atoms with Crippen LogP contribution in [0.25, 0.3) is 17.1 Å². The van der Waals surface area contributed by atoms with Crippen LogP contribution in [0.15, 0.2) is 87.5 Å². The lowest BCUT2D eigenvalue weighted by atomic mass is 9.87. The summed E-state index contributed by atoms with van der Waals surface area (Å²) in [5.41, 5.74) is 6.56. The first-order valence-corrected chi connectivity index (χ1v) is 13.4. The minimum atomic E-state index is -0.237. The van der Waals surface area contributed by atoms with Crippen LogP contribution in [0.2, 0.25) is 0 Å². The quantitative estimate of drug-likeness (QED) is 0.152. The molecule has 0 aliphatic carbocycles. The molecule has 0 unspecified atom stereocenters. The van der Waals surface area contributed by atoms with Gasteiger partial charge in [-0.05, 0) is 52.9 Å². The summed E-state index contributed by atoms with van der Waals surface area (Å²) in [5, 5.41) is 13.6. The van der Waals surface area contributed by atoms with Gasteiger partial charge in [0.15, 0.2) is 11.0 Å². The Kier molecular flexibility index (Phi) is 8.45. The standard InChI is InChI=1S/C28H28BrN5O2S/c1-28(2,3)21-9-7-20(8-10-21)26-32-33-27(34(26)23-13-15-24(36-4)16-14-23)37-18-25(35)31-30-17-19-5-11-22(29)12-6-19/h5-17H,18H2,1-4H3,(H,31,35)/b30-17+. The number of nitrogens with one attached hydrogen (secondary N) is 1. The number of ether oxygens (including phenoxy) is 1. The van der Waals surface area contributed by atoms with Gasteiger partial charge in [-0.25, -0.2) is 5.43 Å². The lowest BCUT2D eigenvalue weighted by Gasteiger charge is -2.19. The SMILES string of the molecule is COc1ccc(-n2c(SCC(=O)N/N=C/c3ccc(Br)cc3)nnc2-c2ccc(C(C)(C)C)cc2)cc1. The Labute approximate surface area is 229 Å². The Morgan fingerprint density at radius 2 is 1.70 bits per heavy atom. The number of aromatic nitrogens is 3. The van der Waals surface area contributed by atoms with Gasteiger partial charge in [-0.1, -0.05) is 84.9 Å². The van der Waals surface area contributed by atoms with Crippen LogP contribution < -0.4 is 10.2 Å². The zero-order valence-electron chi connectivity index (χ0n) is 21.1. The fourth-order valence-corrected chi connectivity index (χ4v) is 4.53. The van der Waals surface area contributed by atoms with E-state index in [4.69, 9.17) is 4.74 Å². The molecule has 190 valence electrons. The minimum Gasteiger partial charge on any atom is -0.497 e. The number of nitrogens with zero attached hydrogens (tertiary/aromatic N) is 4. The van der Waals surface area contributed by atoms with Gasteiger partial charge in [-0.3, -0.25) is 9.36 Å². The zero-order valence-corrected chi connectivity index (χ0v) is 23.5. The third-order valence-corrected chi connectivity index (χ3v) is 7.04. The normalized spacial score (nSPS) is 11.6. The summed E-state index contributed by atoms with van der Waals surface area (Å²) in [5.74, 6) is 1.35. The molecule has 1 N–H and O–H groups in total. The number of hydrogen-bond donors (Lipinski definition) is 1. The summed E-state index contributed by atoms with van der Waals surface area (Å²) in [6, 6.07) is 23.7. The Hall–Kier alpha value is -3.43. The van der Waals surface area contributed by atoms with Crippen LogP contribution in [0.1, 0.15) is 31.9 Å². The number of methoxy groups -OCH3 is 1. The molecule has 3 aromatic carbocycles. The summed E-state index contributed by atoms with van der Waals surface area (Å²) >= 11 is 4.70. The van der Waals surface area contributed by atoms with Gasteiger partial charge in [0.25, 0.3) is 5.91 Å². The van der Waals surface area contributed by atoms with Crippen molar-refractivity contribution in [1.29, 1.82) is 0 Å². The van der Waals surface area contributed by atoms with Crippen molar-refractivity contribution in [2.45, 2.75) is 31.3 Å². The molecule has 4 rings (SSSR count). The van der Waals surface area contributed by atoms with Crippen LogP contribution in [0.5, 0.6) is 5.75 Å². The molecule has 9 heteroatoms. The predicted octanol–water partition coefficient (Wildman–Crippen LogP) is 6.25. The van der Waals surface area contributed by atoms with Crippen LogP contribution >= 0.6 is 27.7 Å². The second-order valence-electron chi connectivity index (χ2n) is 9.30. The molecular formula is C28H28BrN5O2S. The third kappa shape index (κ3) is 6.87. The minimum absolute atomic E-state index is 0.0520. The molecule has 0 radical (unpaired) electrons. The van der Waals surface area contributed by atoms with E-state index in [1.165, 1.54) is 17.3 Å². The second-order valence-corrected chi connectivity index (χ2v) is 11.2. The molecular weight excluding hydrogens is 550 g/mol. The summed E-state index contributed by atoms with van der Waals surface area (Å²) in [4.78, 5) is 12.5. The topological polar surface area (TPSA) is 81.4 Å². The van der Waals surface area contributed by atoms with Crippen molar-refractivity contribution in [1.82, 2.24) is 20.2 Å². The number of hydrogen-bond acceptors (Lipinski definition) is 6. The van der Waals surface area contributed by atoms with Crippen molar-refractivity contribution in [2.24, 2.45) is 5.10 Å². The molecule has 1 heterocycles. The number of benzene rings is 3. The van der Waals surface area contributed by atoms with Gasteiger partial charge < -0.3 is 4.74 Å². The van der Waals surface area contributed by atoms with Crippen molar-refractivity contribution < 1.29 is 9.53 Å². The molecule has 0 spiro atoms. The lowest BCUT2D eigenvalue weighted by molar-refractivity contribution is -0.118. The summed E-state index contributed by atoms with van der Waals surface area (Å²) in [6.07, 6.45) is 1.61. The van der Waals surface area contributed by atoms with Crippen LogP contribution in [0.4, 0.5) is 0 Å². The van der Waals surface area contributed by atoms with Crippen molar-refractivity contribution >= 4 is 39.8 Å². The predicted molar refractivity (Wildman–Crippen MR) is 153 cm³/mol. The first-order valence-electron chi connectivity index (χ1n) is 11.7. The van der Waals surface area contributed by atoms with E-state index < -0.39 is 0 Å².